The van der Waals surface area contributed by atoms with Crippen LogP contribution in [0.1, 0.15) is 55.4 Å². The summed E-state index contributed by atoms with van der Waals surface area (Å²) in [7, 11) is 0. The molecule has 0 bridgehead atoms. The fourth-order valence-corrected chi connectivity index (χ4v) is 2.69. The summed E-state index contributed by atoms with van der Waals surface area (Å²) in [5, 5.41) is 0. The fraction of sp³-hybridized carbons (Fsp3) is 0.941. The molecule has 0 aromatic rings. The highest BCUT2D eigenvalue weighted by molar-refractivity contribution is 5.71. The molecule has 1 rings (SSSR count). The first-order chi connectivity index (χ1) is 9.47. The molecule has 4 heteroatoms. The summed E-state index contributed by atoms with van der Waals surface area (Å²) in [6, 6.07) is 0. The highest BCUT2D eigenvalue weighted by atomic mass is 16.7. The summed E-state index contributed by atoms with van der Waals surface area (Å²) in [6.45, 7) is 17.3. The van der Waals surface area contributed by atoms with Crippen LogP contribution < -0.4 is 0 Å². The van der Waals surface area contributed by atoms with Crippen LogP contribution in [0.4, 0.5) is 0 Å². The van der Waals surface area contributed by atoms with Gasteiger partial charge >= 0.3 is 5.97 Å². The second-order valence-electron chi connectivity index (χ2n) is 8.18. The molecule has 1 fully saturated rings. The lowest BCUT2D eigenvalue weighted by molar-refractivity contribution is -0.307. The quantitative estimate of drug-likeness (QED) is 0.727. The van der Waals surface area contributed by atoms with Crippen molar-refractivity contribution in [1.29, 1.82) is 0 Å². The van der Waals surface area contributed by atoms with Gasteiger partial charge in [-0.1, -0.05) is 55.4 Å². The second-order valence-corrected chi connectivity index (χ2v) is 8.18. The molecule has 0 N–H and O–H groups in total. The van der Waals surface area contributed by atoms with Crippen LogP contribution in [0, 0.1) is 22.7 Å². The molecule has 1 aliphatic rings. The molecule has 0 saturated carbocycles. The van der Waals surface area contributed by atoms with E-state index in [1.54, 1.807) is 0 Å². The predicted molar refractivity (Wildman–Crippen MR) is 82.8 cm³/mol. The van der Waals surface area contributed by atoms with E-state index < -0.39 is 0 Å². The Morgan fingerprint density at radius 2 is 1.86 bits per heavy atom. The number of hydrogen-bond acceptors (Lipinski definition) is 4. The molecule has 0 amide bonds. The van der Waals surface area contributed by atoms with Gasteiger partial charge in [-0.05, 0) is 5.92 Å². The van der Waals surface area contributed by atoms with Crippen LogP contribution in [0.5, 0.6) is 0 Å². The molecule has 4 nitrogen and oxygen atoms in total. The van der Waals surface area contributed by atoms with Crippen LogP contribution in [0.25, 0.3) is 0 Å². The van der Waals surface area contributed by atoms with Gasteiger partial charge in [-0.3, -0.25) is 4.79 Å². The van der Waals surface area contributed by atoms with Crippen LogP contribution >= 0.6 is 0 Å². The zero-order valence-corrected chi connectivity index (χ0v) is 14.9. The molecule has 0 spiro atoms. The summed E-state index contributed by atoms with van der Waals surface area (Å²) in [4.78, 5) is 11.6. The van der Waals surface area contributed by atoms with E-state index in [9.17, 15) is 4.79 Å². The van der Waals surface area contributed by atoms with Crippen molar-refractivity contribution in [2.45, 2.75) is 67.8 Å². The molecule has 1 saturated heterocycles. The van der Waals surface area contributed by atoms with E-state index in [1.165, 1.54) is 0 Å². The van der Waals surface area contributed by atoms with E-state index in [2.05, 4.69) is 27.7 Å². The van der Waals surface area contributed by atoms with Crippen LogP contribution in [0.15, 0.2) is 0 Å². The monoisotopic (exact) mass is 300 g/mol. The number of ether oxygens (including phenoxy) is 3. The summed E-state index contributed by atoms with van der Waals surface area (Å²) >= 11 is 0. The van der Waals surface area contributed by atoms with Gasteiger partial charge in [0, 0.05) is 10.8 Å². The van der Waals surface area contributed by atoms with Crippen molar-refractivity contribution in [3.8, 4) is 0 Å². The maximum Gasteiger partial charge on any atom is 0.308 e. The lowest BCUT2D eigenvalue weighted by atomic mass is 9.79. The maximum atomic E-state index is 11.6. The van der Waals surface area contributed by atoms with E-state index >= 15 is 0 Å². The Morgan fingerprint density at radius 1 is 1.29 bits per heavy atom. The normalized spacial score (nSPS) is 26.2. The van der Waals surface area contributed by atoms with Crippen LogP contribution in [-0.2, 0) is 19.0 Å². The lowest BCUT2D eigenvalue weighted by Crippen LogP contribution is -2.53. The lowest BCUT2D eigenvalue weighted by Gasteiger charge is -2.48. The van der Waals surface area contributed by atoms with Gasteiger partial charge in [0.05, 0.1) is 18.6 Å². The van der Waals surface area contributed by atoms with Crippen molar-refractivity contribution in [2.24, 2.45) is 22.7 Å². The standard InChI is InChI=1S/C17H32O4/c1-11(2)13-16(5,6)9-20-15(21-13)17(7,8)10-19-14(18)12(3)4/h11-13,15H,9-10H2,1-8H3. The van der Waals surface area contributed by atoms with Crippen LogP contribution in [-0.4, -0.2) is 31.6 Å². The molecule has 0 aromatic carbocycles. The molecule has 0 radical (unpaired) electrons. The average Bonchev–Trinajstić information content (AvgIpc) is 2.34. The van der Waals surface area contributed by atoms with Gasteiger partial charge in [-0.25, -0.2) is 0 Å². The van der Waals surface area contributed by atoms with E-state index in [-0.39, 0.29) is 35.1 Å². The molecule has 1 heterocycles. The number of hydrogen-bond donors (Lipinski definition) is 0. The molecule has 0 aromatic heterocycles. The van der Waals surface area contributed by atoms with Gasteiger partial charge in [-0.2, -0.15) is 0 Å². The Hall–Kier alpha value is -0.610. The van der Waals surface area contributed by atoms with Gasteiger partial charge in [0.2, 0.25) is 0 Å². The summed E-state index contributed by atoms with van der Waals surface area (Å²) in [5.74, 6) is 0.122. The SMILES string of the molecule is CC(C)C(=O)OCC(C)(C)C1OCC(C)(C)C(C(C)C)O1. The molecule has 1 aliphatic heterocycles. The third kappa shape index (κ3) is 4.68. The topological polar surface area (TPSA) is 44.8 Å². The first kappa shape index (κ1) is 18.4. The van der Waals surface area contributed by atoms with E-state index in [0.29, 0.717) is 19.1 Å². The van der Waals surface area contributed by atoms with Gasteiger partial charge in [-0.15, -0.1) is 0 Å². The van der Waals surface area contributed by atoms with Crippen LogP contribution in [0.2, 0.25) is 0 Å². The zero-order chi connectivity index (χ0) is 16.4. The van der Waals surface area contributed by atoms with Crippen molar-refractivity contribution in [2.75, 3.05) is 13.2 Å². The highest BCUT2D eigenvalue weighted by Gasteiger charge is 2.45. The third-order valence-corrected chi connectivity index (χ3v) is 3.95. The van der Waals surface area contributed by atoms with E-state index in [4.69, 9.17) is 14.2 Å². The minimum absolute atomic E-state index is 0.00461. The fourth-order valence-electron chi connectivity index (χ4n) is 2.69. The Bertz CT molecular complexity index is 358. The minimum Gasteiger partial charge on any atom is -0.465 e. The molecule has 2 unspecified atom stereocenters. The van der Waals surface area contributed by atoms with Gasteiger partial charge in [0.15, 0.2) is 6.29 Å². The maximum absolute atomic E-state index is 11.6. The first-order valence-electron chi connectivity index (χ1n) is 7.91. The number of carbonyl (C=O) groups excluding carboxylic acids is 1. The van der Waals surface area contributed by atoms with Gasteiger partial charge < -0.3 is 14.2 Å². The molecular weight excluding hydrogens is 268 g/mol. The Labute approximate surface area is 129 Å². The molecule has 21 heavy (non-hydrogen) atoms. The minimum atomic E-state index is -0.367. The van der Waals surface area contributed by atoms with Gasteiger partial charge in [0.25, 0.3) is 0 Å². The number of esters is 1. The third-order valence-electron chi connectivity index (χ3n) is 3.95. The predicted octanol–water partition coefficient (Wildman–Crippen LogP) is 3.64. The Balaban J connectivity index is 2.69. The summed E-state index contributed by atoms with van der Waals surface area (Å²) in [6.07, 6.45) is -0.214. The number of carbonyl (C=O) groups is 1. The number of rotatable bonds is 5. The van der Waals surface area contributed by atoms with Crippen molar-refractivity contribution in [3.63, 3.8) is 0 Å². The smallest absolute Gasteiger partial charge is 0.308 e. The molecule has 0 aliphatic carbocycles. The van der Waals surface area contributed by atoms with E-state index in [1.807, 2.05) is 27.7 Å². The van der Waals surface area contributed by atoms with Crippen molar-refractivity contribution in [3.05, 3.63) is 0 Å². The molecular formula is C17H32O4. The summed E-state index contributed by atoms with van der Waals surface area (Å²) in [5.41, 5.74) is -0.371. The van der Waals surface area contributed by atoms with Crippen LogP contribution in [0.3, 0.4) is 0 Å². The average molecular weight is 300 g/mol. The van der Waals surface area contributed by atoms with Crippen molar-refractivity contribution in [1.82, 2.24) is 0 Å². The second kappa shape index (κ2) is 6.66. The molecule has 124 valence electrons. The first-order valence-corrected chi connectivity index (χ1v) is 7.91. The van der Waals surface area contributed by atoms with Gasteiger partial charge in [0.1, 0.15) is 6.61 Å². The Morgan fingerprint density at radius 3 is 2.33 bits per heavy atom. The highest BCUT2D eigenvalue weighted by Crippen LogP contribution is 2.39. The Kier molecular flexibility index (Phi) is 5.84. The largest absolute Gasteiger partial charge is 0.465 e. The summed E-state index contributed by atoms with van der Waals surface area (Å²) < 4.78 is 17.5. The molecule has 2 atom stereocenters. The van der Waals surface area contributed by atoms with Crippen molar-refractivity contribution >= 4 is 5.97 Å². The zero-order valence-electron chi connectivity index (χ0n) is 14.9. The van der Waals surface area contributed by atoms with Crippen molar-refractivity contribution < 1.29 is 19.0 Å². The van der Waals surface area contributed by atoms with E-state index in [0.717, 1.165) is 0 Å².